The van der Waals surface area contributed by atoms with Gasteiger partial charge in [-0.15, -0.1) is 0 Å². The van der Waals surface area contributed by atoms with E-state index in [1.54, 1.807) is 0 Å². The number of rotatable bonds is 3. The van der Waals surface area contributed by atoms with Crippen LogP contribution in [0.1, 0.15) is 33.4 Å². The molecule has 0 saturated carbocycles. The minimum Gasteiger partial charge on any atom is -0.289 e. The van der Waals surface area contributed by atoms with Crippen molar-refractivity contribution in [3.8, 4) is 0 Å². The smallest absolute Gasteiger partial charge is 0.289 e. The number of hydrogen-bond donors (Lipinski definition) is 2. The average molecular weight is 280 g/mol. The van der Waals surface area contributed by atoms with E-state index in [4.69, 9.17) is 5.84 Å². The number of hydrazine groups is 1. The van der Waals surface area contributed by atoms with Gasteiger partial charge >= 0.3 is 6.85 Å². The van der Waals surface area contributed by atoms with Gasteiger partial charge in [0.05, 0.1) is 0 Å². The van der Waals surface area contributed by atoms with Crippen LogP contribution in [0.5, 0.6) is 0 Å². The molecule has 0 unspecified atom stereocenters. The van der Waals surface area contributed by atoms with Gasteiger partial charge in [-0.05, 0) is 41.5 Å². The zero-order chi connectivity index (χ0) is 15.7. The molecule has 2 rings (SSSR count). The van der Waals surface area contributed by atoms with Crippen molar-refractivity contribution in [2.45, 2.75) is 41.5 Å². The molecule has 0 bridgehead atoms. The van der Waals surface area contributed by atoms with Crippen LogP contribution < -0.4 is 22.1 Å². The summed E-state index contributed by atoms with van der Waals surface area (Å²) >= 11 is 0. The monoisotopic (exact) mass is 280 g/mol. The summed E-state index contributed by atoms with van der Waals surface area (Å²) in [6.45, 7) is 13.0. The molecule has 0 aliphatic heterocycles. The van der Waals surface area contributed by atoms with Crippen molar-refractivity contribution in [1.29, 1.82) is 0 Å². The molecule has 0 radical (unpaired) electrons. The lowest BCUT2D eigenvalue weighted by molar-refractivity contribution is 1.07. The predicted molar refractivity (Wildman–Crippen MR) is 93.7 cm³/mol. The van der Waals surface area contributed by atoms with Gasteiger partial charge in [0.15, 0.2) is 0 Å². The lowest BCUT2D eigenvalue weighted by Crippen LogP contribution is -2.60. The Morgan fingerprint density at radius 2 is 0.952 bits per heavy atom. The summed E-state index contributed by atoms with van der Waals surface area (Å²) in [5.74, 6) is 5.94. The van der Waals surface area contributed by atoms with Gasteiger partial charge < -0.3 is 0 Å². The maximum atomic E-state index is 5.94. The SMILES string of the molecule is Cc1cc(C)c(B(NN)c2c(C)cc(C)cc2C)c(C)c1. The van der Waals surface area contributed by atoms with E-state index < -0.39 is 0 Å². The van der Waals surface area contributed by atoms with E-state index in [0.29, 0.717) is 0 Å². The lowest BCUT2D eigenvalue weighted by Gasteiger charge is -2.22. The zero-order valence-electron chi connectivity index (χ0n) is 14.0. The Balaban J connectivity index is 2.66. The van der Waals surface area contributed by atoms with E-state index in [1.165, 1.54) is 44.3 Å². The summed E-state index contributed by atoms with van der Waals surface area (Å²) in [5, 5.41) is 3.04. The average Bonchev–Trinajstić information content (AvgIpc) is 2.34. The van der Waals surface area contributed by atoms with Crippen molar-refractivity contribution in [1.82, 2.24) is 5.34 Å². The third-order valence-electron chi connectivity index (χ3n) is 4.22. The molecular weight excluding hydrogens is 255 g/mol. The molecule has 3 N–H and O–H groups in total. The van der Waals surface area contributed by atoms with Gasteiger partial charge in [-0.25, -0.2) is 0 Å². The Hall–Kier alpha value is -1.58. The van der Waals surface area contributed by atoms with Crippen LogP contribution in [0.25, 0.3) is 0 Å². The molecule has 2 nitrogen and oxygen atoms in total. The van der Waals surface area contributed by atoms with E-state index in [-0.39, 0.29) is 6.85 Å². The third-order valence-corrected chi connectivity index (χ3v) is 4.22. The number of aryl methyl sites for hydroxylation is 6. The fourth-order valence-corrected chi connectivity index (χ4v) is 3.60. The van der Waals surface area contributed by atoms with Crippen molar-refractivity contribution >= 4 is 17.8 Å². The molecular formula is C18H25BN2. The molecule has 0 spiro atoms. The molecule has 0 fully saturated rings. The second kappa shape index (κ2) is 6.04. The summed E-state index contributed by atoms with van der Waals surface area (Å²) in [6, 6.07) is 8.91. The molecule has 2 aromatic carbocycles. The fraction of sp³-hybridized carbons (Fsp3) is 0.333. The normalized spacial score (nSPS) is 10.8. The van der Waals surface area contributed by atoms with E-state index >= 15 is 0 Å². The minimum absolute atomic E-state index is 0.0335. The van der Waals surface area contributed by atoms with E-state index in [9.17, 15) is 0 Å². The topological polar surface area (TPSA) is 38.0 Å². The number of nitrogens with one attached hydrogen (secondary N) is 1. The van der Waals surface area contributed by atoms with Crippen molar-refractivity contribution in [3.63, 3.8) is 0 Å². The highest BCUT2D eigenvalue weighted by Gasteiger charge is 2.25. The lowest BCUT2D eigenvalue weighted by atomic mass is 9.47. The Morgan fingerprint density at radius 1 is 0.667 bits per heavy atom. The molecule has 0 aliphatic rings. The molecule has 0 atom stereocenters. The molecule has 0 aromatic heterocycles. The molecule has 0 saturated heterocycles. The Kier molecular flexibility index (Phi) is 4.55. The fourth-order valence-electron chi connectivity index (χ4n) is 3.60. The number of benzene rings is 2. The zero-order valence-corrected chi connectivity index (χ0v) is 14.0. The maximum absolute atomic E-state index is 5.94. The van der Waals surface area contributed by atoms with Crippen molar-refractivity contribution in [2.24, 2.45) is 5.84 Å². The summed E-state index contributed by atoms with van der Waals surface area (Å²) in [4.78, 5) is 0. The van der Waals surface area contributed by atoms with Crippen LogP contribution in [0.15, 0.2) is 24.3 Å². The first kappa shape index (κ1) is 15.8. The first-order valence-corrected chi connectivity index (χ1v) is 7.46. The van der Waals surface area contributed by atoms with Gasteiger partial charge in [0.25, 0.3) is 0 Å². The van der Waals surface area contributed by atoms with Crippen LogP contribution in [-0.2, 0) is 0 Å². The summed E-state index contributed by atoms with van der Waals surface area (Å²) in [5.41, 5.74) is 10.3. The van der Waals surface area contributed by atoms with Gasteiger partial charge in [0, 0.05) is 0 Å². The molecule has 0 amide bonds. The quantitative estimate of drug-likeness (QED) is 0.513. The summed E-state index contributed by atoms with van der Waals surface area (Å²) in [6.07, 6.45) is 0. The standard InChI is InChI=1S/C18H25BN2/c1-11-7-13(3)17(14(4)8-11)19(21-20)18-15(5)9-12(2)10-16(18)6/h7-10,21H,20H2,1-6H3. The van der Waals surface area contributed by atoms with E-state index in [0.717, 1.165) is 0 Å². The molecule has 110 valence electrons. The first-order chi connectivity index (χ1) is 9.85. The van der Waals surface area contributed by atoms with Crippen LogP contribution in [0.4, 0.5) is 0 Å². The van der Waals surface area contributed by atoms with Crippen LogP contribution in [0.3, 0.4) is 0 Å². The Labute approximate surface area is 128 Å². The van der Waals surface area contributed by atoms with Crippen molar-refractivity contribution in [3.05, 3.63) is 57.6 Å². The summed E-state index contributed by atoms with van der Waals surface area (Å²) < 4.78 is 0. The van der Waals surface area contributed by atoms with E-state index in [1.807, 2.05) is 0 Å². The highest BCUT2D eigenvalue weighted by Crippen LogP contribution is 2.11. The van der Waals surface area contributed by atoms with E-state index in [2.05, 4.69) is 71.1 Å². The van der Waals surface area contributed by atoms with Gasteiger partial charge in [0.2, 0.25) is 0 Å². The third kappa shape index (κ3) is 3.04. The molecule has 0 heterocycles. The summed E-state index contributed by atoms with van der Waals surface area (Å²) in [7, 11) is 0. The van der Waals surface area contributed by atoms with Crippen LogP contribution in [0, 0.1) is 41.5 Å². The van der Waals surface area contributed by atoms with Gasteiger partial charge in [-0.2, -0.15) is 0 Å². The number of nitrogens with two attached hydrogens (primary N) is 1. The van der Waals surface area contributed by atoms with Gasteiger partial charge in [-0.3, -0.25) is 11.2 Å². The predicted octanol–water partition coefficient (Wildman–Crippen LogP) is 2.11. The van der Waals surface area contributed by atoms with Gasteiger partial charge in [0.1, 0.15) is 0 Å². The second-order valence-corrected chi connectivity index (χ2v) is 6.22. The van der Waals surface area contributed by atoms with Crippen molar-refractivity contribution < 1.29 is 0 Å². The molecule has 2 aromatic rings. The van der Waals surface area contributed by atoms with Gasteiger partial charge in [-0.1, -0.05) is 68.6 Å². The highest BCUT2D eigenvalue weighted by atomic mass is 15.2. The largest absolute Gasteiger partial charge is 0.304 e. The Morgan fingerprint density at radius 3 is 1.19 bits per heavy atom. The highest BCUT2D eigenvalue weighted by molar-refractivity contribution is 6.84. The van der Waals surface area contributed by atoms with Crippen LogP contribution in [0.2, 0.25) is 0 Å². The molecule has 21 heavy (non-hydrogen) atoms. The molecule has 0 aliphatic carbocycles. The Bertz CT molecular complexity index is 573. The molecule has 3 heteroatoms. The first-order valence-electron chi connectivity index (χ1n) is 7.46. The minimum atomic E-state index is 0.0335. The van der Waals surface area contributed by atoms with Crippen molar-refractivity contribution in [2.75, 3.05) is 0 Å². The van der Waals surface area contributed by atoms with Crippen LogP contribution >= 0.6 is 0 Å². The number of hydrogen-bond acceptors (Lipinski definition) is 2. The second-order valence-electron chi connectivity index (χ2n) is 6.22. The maximum Gasteiger partial charge on any atom is 0.304 e. The van der Waals surface area contributed by atoms with Crippen LogP contribution in [-0.4, -0.2) is 6.85 Å².